The molecule has 0 radical (unpaired) electrons. The van der Waals surface area contributed by atoms with E-state index in [0.717, 1.165) is 24.4 Å². The maximum Gasteiger partial charge on any atom is 0.350 e. The maximum absolute atomic E-state index is 12.8. The molecular weight excluding hydrogens is 380 g/mol. The standard InChI is InChI=1S/C23H26N4O3/c1-17(30-20-11-7-4-8-12-20)22(28)26-15-13-18(14-16-26)21-24-25(2)23(29)27(21)19-9-5-3-6-10-19/h3-12,17-18H,13-16H2,1-2H3. The Bertz CT molecular complexity index is 1050. The Kier molecular flexibility index (Phi) is 5.70. The number of piperidine rings is 1. The lowest BCUT2D eigenvalue weighted by atomic mass is 9.95. The van der Waals surface area contributed by atoms with Gasteiger partial charge in [0.2, 0.25) is 0 Å². The normalized spacial score (nSPS) is 15.7. The van der Waals surface area contributed by atoms with Gasteiger partial charge in [0.15, 0.2) is 6.10 Å². The molecule has 0 spiro atoms. The highest BCUT2D eigenvalue weighted by atomic mass is 16.5. The van der Waals surface area contributed by atoms with Gasteiger partial charge in [-0.3, -0.25) is 4.79 Å². The van der Waals surface area contributed by atoms with Gasteiger partial charge in [-0.1, -0.05) is 36.4 Å². The molecular formula is C23H26N4O3. The molecule has 1 atom stereocenters. The Morgan fingerprint density at radius 1 is 1.03 bits per heavy atom. The van der Waals surface area contributed by atoms with Crippen molar-refractivity contribution in [2.75, 3.05) is 13.1 Å². The van der Waals surface area contributed by atoms with Crippen LogP contribution >= 0.6 is 0 Å². The smallest absolute Gasteiger partial charge is 0.350 e. The van der Waals surface area contributed by atoms with Gasteiger partial charge < -0.3 is 9.64 Å². The number of aromatic nitrogens is 3. The molecule has 0 saturated carbocycles. The van der Waals surface area contributed by atoms with Crippen LogP contribution in [0, 0.1) is 0 Å². The number of benzene rings is 2. The molecule has 4 rings (SSSR count). The van der Waals surface area contributed by atoms with Crippen LogP contribution in [0.4, 0.5) is 0 Å². The van der Waals surface area contributed by atoms with E-state index in [0.29, 0.717) is 18.8 Å². The average Bonchev–Trinajstić information content (AvgIpc) is 3.09. The minimum Gasteiger partial charge on any atom is -0.481 e. The lowest BCUT2D eigenvalue weighted by Gasteiger charge is -2.33. The van der Waals surface area contributed by atoms with Gasteiger partial charge in [0, 0.05) is 26.1 Å². The first kappa shape index (κ1) is 19.9. The number of aryl methyl sites for hydroxylation is 1. The molecule has 7 nitrogen and oxygen atoms in total. The third-order valence-corrected chi connectivity index (χ3v) is 5.54. The topological polar surface area (TPSA) is 69.4 Å². The van der Waals surface area contributed by atoms with Gasteiger partial charge in [0.25, 0.3) is 5.91 Å². The minimum atomic E-state index is -0.540. The van der Waals surface area contributed by atoms with Crippen molar-refractivity contribution in [3.05, 3.63) is 77.0 Å². The van der Waals surface area contributed by atoms with Gasteiger partial charge in [-0.15, -0.1) is 0 Å². The van der Waals surface area contributed by atoms with Crippen LogP contribution in [0.5, 0.6) is 5.75 Å². The monoisotopic (exact) mass is 406 g/mol. The van der Waals surface area contributed by atoms with E-state index in [-0.39, 0.29) is 17.5 Å². The summed E-state index contributed by atoms with van der Waals surface area (Å²) in [6, 6.07) is 18.9. The SMILES string of the molecule is CC(Oc1ccccc1)C(=O)N1CCC(c2nn(C)c(=O)n2-c2ccccc2)CC1. The summed E-state index contributed by atoms with van der Waals surface area (Å²) in [5.41, 5.74) is 0.661. The van der Waals surface area contributed by atoms with Crippen LogP contribution in [0.15, 0.2) is 65.5 Å². The number of hydrogen-bond acceptors (Lipinski definition) is 4. The zero-order chi connectivity index (χ0) is 21.1. The third-order valence-electron chi connectivity index (χ3n) is 5.54. The van der Waals surface area contributed by atoms with Crippen molar-refractivity contribution in [2.45, 2.75) is 31.8 Å². The highest BCUT2D eigenvalue weighted by Gasteiger charge is 2.31. The number of likely N-dealkylation sites (tertiary alicyclic amines) is 1. The minimum absolute atomic E-state index is 0.0150. The molecule has 1 saturated heterocycles. The van der Waals surface area contributed by atoms with E-state index in [1.165, 1.54) is 4.68 Å². The molecule has 7 heteroatoms. The molecule has 0 bridgehead atoms. The summed E-state index contributed by atoms with van der Waals surface area (Å²) in [5.74, 6) is 1.55. The van der Waals surface area contributed by atoms with Gasteiger partial charge >= 0.3 is 5.69 Å². The van der Waals surface area contributed by atoms with Crippen LogP contribution in [0.1, 0.15) is 31.5 Å². The van der Waals surface area contributed by atoms with Crippen LogP contribution in [0.25, 0.3) is 5.69 Å². The largest absolute Gasteiger partial charge is 0.481 e. The van der Waals surface area contributed by atoms with Crippen molar-refractivity contribution in [2.24, 2.45) is 7.05 Å². The number of ether oxygens (including phenoxy) is 1. The average molecular weight is 406 g/mol. The number of rotatable bonds is 5. The van der Waals surface area contributed by atoms with Crippen LogP contribution in [0.2, 0.25) is 0 Å². The van der Waals surface area contributed by atoms with E-state index >= 15 is 0 Å². The summed E-state index contributed by atoms with van der Waals surface area (Å²) < 4.78 is 8.85. The summed E-state index contributed by atoms with van der Waals surface area (Å²) in [6.45, 7) is 3.02. The fourth-order valence-corrected chi connectivity index (χ4v) is 3.94. The van der Waals surface area contributed by atoms with Crippen molar-refractivity contribution < 1.29 is 9.53 Å². The Hall–Kier alpha value is -3.35. The van der Waals surface area contributed by atoms with Crippen LogP contribution in [-0.2, 0) is 11.8 Å². The zero-order valence-corrected chi connectivity index (χ0v) is 17.3. The van der Waals surface area contributed by atoms with E-state index in [1.54, 1.807) is 18.5 Å². The summed E-state index contributed by atoms with van der Waals surface area (Å²) in [7, 11) is 1.67. The fourth-order valence-electron chi connectivity index (χ4n) is 3.94. The van der Waals surface area contributed by atoms with Crippen molar-refractivity contribution in [3.8, 4) is 11.4 Å². The molecule has 1 aromatic heterocycles. The van der Waals surface area contributed by atoms with Crippen molar-refractivity contribution in [1.29, 1.82) is 0 Å². The molecule has 156 valence electrons. The Morgan fingerprint density at radius 3 is 2.27 bits per heavy atom. The van der Waals surface area contributed by atoms with Crippen molar-refractivity contribution in [1.82, 2.24) is 19.2 Å². The fraction of sp³-hybridized carbons (Fsp3) is 0.348. The van der Waals surface area contributed by atoms with Crippen molar-refractivity contribution >= 4 is 5.91 Å². The van der Waals surface area contributed by atoms with E-state index in [1.807, 2.05) is 65.6 Å². The maximum atomic E-state index is 12.8. The Balaban J connectivity index is 1.45. The Morgan fingerprint density at radius 2 is 1.63 bits per heavy atom. The molecule has 0 aliphatic carbocycles. The summed E-state index contributed by atoms with van der Waals surface area (Å²) >= 11 is 0. The molecule has 1 unspecified atom stereocenters. The first-order valence-corrected chi connectivity index (χ1v) is 10.3. The highest BCUT2D eigenvalue weighted by molar-refractivity contribution is 5.81. The van der Waals surface area contributed by atoms with Gasteiger partial charge in [0.1, 0.15) is 11.6 Å². The first-order valence-electron chi connectivity index (χ1n) is 10.3. The van der Waals surface area contributed by atoms with Crippen LogP contribution in [-0.4, -0.2) is 44.3 Å². The number of para-hydroxylation sites is 2. The predicted octanol–water partition coefficient (Wildman–Crippen LogP) is 2.74. The van der Waals surface area contributed by atoms with Gasteiger partial charge in [-0.25, -0.2) is 14.0 Å². The highest BCUT2D eigenvalue weighted by Crippen LogP contribution is 2.28. The summed E-state index contributed by atoms with van der Waals surface area (Å²) in [6.07, 6.45) is 0.974. The lowest BCUT2D eigenvalue weighted by Crippen LogP contribution is -2.44. The second kappa shape index (κ2) is 8.57. The molecule has 1 aliphatic rings. The summed E-state index contributed by atoms with van der Waals surface area (Å²) in [5, 5.41) is 4.51. The van der Waals surface area contributed by atoms with Gasteiger partial charge in [0.05, 0.1) is 5.69 Å². The second-order valence-electron chi connectivity index (χ2n) is 7.61. The molecule has 3 aromatic rings. The molecule has 1 aliphatic heterocycles. The Labute approximate surface area is 175 Å². The number of carbonyl (C=O) groups excluding carboxylic acids is 1. The molecule has 1 amide bonds. The predicted molar refractivity (Wildman–Crippen MR) is 114 cm³/mol. The number of hydrogen-bond donors (Lipinski definition) is 0. The molecule has 0 N–H and O–H groups in total. The van der Waals surface area contributed by atoms with Crippen LogP contribution < -0.4 is 10.4 Å². The summed E-state index contributed by atoms with van der Waals surface area (Å²) in [4.78, 5) is 27.3. The van der Waals surface area contributed by atoms with Gasteiger partial charge in [-0.2, -0.15) is 5.10 Å². The van der Waals surface area contributed by atoms with E-state index in [4.69, 9.17) is 4.74 Å². The lowest BCUT2D eigenvalue weighted by molar-refractivity contribution is -0.139. The first-order chi connectivity index (χ1) is 14.5. The van der Waals surface area contributed by atoms with Gasteiger partial charge in [-0.05, 0) is 44.0 Å². The van der Waals surface area contributed by atoms with E-state index < -0.39 is 6.10 Å². The number of amides is 1. The quantitative estimate of drug-likeness (QED) is 0.653. The molecule has 30 heavy (non-hydrogen) atoms. The third kappa shape index (κ3) is 4.01. The number of carbonyl (C=O) groups is 1. The van der Waals surface area contributed by atoms with E-state index in [2.05, 4.69) is 5.10 Å². The molecule has 2 heterocycles. The molecule has 2 aromatic carbocycles. The van der Waals surface area contributed by atoms with E-state index in [9.17, 15) is 9.59 Å². The second-order valence-corrected chi connectivity index (χ2v) is 7.61. The zero-order valence-electron chi connectivity index (χ0n) is 17.3. The van der Waals surface area contributed by atoms with Crippen LogP contribution in [0.3, 0.4) is 0 Å². The molecule has 1 fully saturated rings. The number of nitrogens with zero attached hydrogens (tertiary/aromatic N) is 4. The van der Waals surface area contributed by atoms with Crippen molar-refractivity contribution in [3.63, 3.8) is 0 Å².